The number of rotatable bonds is 5. The second kappa shape index (κ2) is 7.18. The van der Waals surface area contributed by atoms with Crippen molar-refractivity contribution in [3.63, 3.8) is 0 Å². The molecule has 1 N–H and O–H groups in total. The van der Waals surface area contributed by atoms with Gasteiger partial charge in [-0.1, -0.05) is 12.1 Å². The van der Waals surface area contributed by atoms with E-state index in [1.54, 1.807) is 39.2 Å². The molecule has 2 heterocycles. The van der Waals surface area contributed by atoms with Gasteiger partial charge in [0.2, 0.25) is 0 Å². The summed E-state index contributed by atoms with van der Waals surface area (Å²) in [6.45, 7) is -0.905. The van der Waals surface area contributed by atoms with E-state index in [1.165, 1.54) is 21.7 Å². The van der Waals surface area contributed by atoms with E-state index in [1.807, 2.05) is 0 Å². The van der Waals surface area contributed by atoms with Gasteiger partial charge in [0, 0.05) is 26.3 Å². The molecule has 0 spiro atoms. The molecule has 0 aliphatic carbocycles. The van der Waals surface area contributed by atoms with Crippen molar-refractivity contribution >= 4 is 16.9 Å². The van der Waals surface area contributed by atoms with Gasteiger partial charge in [-0.2, -0.15) is 8.78 Å². The highest BCUT2D eigenvalue weighted by molar-refractivity contribution is 6.05. The van der Waals surface area contributed by atoms with Gasteiger partial charge in [0.05, 0.1) is 10.9 Å². The Bertz CT molecular complexity index is 1040. The Morgan fingerprint density at radius 3 is 2.63 bits per heavy atom. The van der Waals surface area contributed by atoms with Crippen LogP contribution in [0.3, 0.4) is 0 Å². The number of pyridine rings is 1. The number of halogens is 2. The molecule has 2 aromatic heterocycles. The van der Waals surface area contributed by atoms with Crippen LogP contribution in [0.2, 0.25) is 0 Å². The number of fused-ring (bicyclic) bond motifs is 1. The number of benzene rings is 1. The van der Waals surface area contributed by atoms with Gasteiger partial charge in [-0.15, -0.1) is 0 Å². The van der Waals surface area contributed by atoms with E-state index < -0.39 is 6.61 Å². The molecule has 3 rings (SSSR count). The van der Waals surface area contributed by atoms with Crippen molar-refractivity contribution in [2.75, 3.05) is 7.05 Å². The smallest absolute Gasteiger partial charge is 0.387 e. The maximum absolute atomic E-state index is 12.9. The third-order valence-corrected chi connectivity index (χ3v) is 4.09. The van der Waals surface area contributed by atoms with Gasteiger partial charge in [0.1, 0.15) is 5.75 Å². The molecule has 142 valence electrons. The number of H-pyrrole nitrogens is 1. The first-order chi connectivity index (χ1) is 12.8. The average molecular weight is 376 g/mol. The van der Waals surface area contributed by atoms with E-state index in [4.69, 9.17) is 0 Å². The summed E-state index contributed by atoms with van der Waals surface area (Å²) >= 11 is 0. The fourth-order valence-corrected chi connectivity index (χ4v) is 2.88. The van der Waals surface area contributed by atoms with E-state index in [2.05, 4.69) is 14.8 Å². The second-order valence-electron chi connectivity index (χ2n) is 6.19. The van der Waals surface area contributed by atoms with E-state index in [-0.39, 0.29) is 34.7 Å². The number of hydrogen-bond acceptors (Lipinski definition) is 4. The lowest BCUT2D eigenvalue weighted by Crippen LogP contribution is -2.27. The topological polar surface area (TPSA) is 80.2 Å². The zero-order valence-corrected chi connectivity index (χ0v) is 15.0. The Morgan fingerprint density at radius 1 is 1.33 bits per heavy atom. The third kappa shape index (κ3) is 3.81. The molecule has 0 aliphatic rings. The summed E-state index contributed by atoms with van der Waals surface area (Å²) < 4.78 is 30.2. The number of aromatic nitrogens is 3. The van der Waals surface area contributed by atoms with Gasteiger partial charge in [-0.05, 0) is 30.7 Å². The summed E-state index contributed by atoms with van der Waals surface area (Å²) in [4.78, 5) is 30.8. The summed E-state index contributed by atoms with van der Waals surface area (Å²) in [5.41, 5.74) is 1.63. The fraction of sp³-hybridized carbons (Fsp3) is 0.278. The van der Waals surface area contributed by atoms with Crippen LogP contribution in [0.4, 0.5) is 8.78 Å². The molecule has 1 aromatic carbocycles. The molecule has 0 saturated heterocycles. The van der Waals surface area contributed by atoms with Gasteiger partial charge in [0.15, 0.2) is 5.65 Å². The van der Waals surface area contributed by atoms with Crippen molar-refractivity contribution in [1.29, 1.82) is 0 Å². The van der Waals surface area contributed by atoms with Crippen LogP contribution in [-0.4, -0.2) is 39.2 Å². The zero-order chi connectivity index (χ0) is 19.7. The van der Waals surface area contributed by atoms with Gasteiger partial charge in [0.25, 0.3) is 11.5 Å². The number of aromatic amines is 1. The Labute approximate surface area is 153 Å². The lowest BCUT2D eigenvalue weighted by atomic mass is 10.1. The van der Waals surface area contributed by atoms with E-state index in [9.17, 15) is 18.4 Å². The summed E-state index contributed by atoms with van der Waals surface area (Å²) in [5.74, 6) is -0.292. The molecular weight excluding hydrogens is 358 g/mol. The number of carbonyl (C=O) groups excluding carboxylic acids is 1. The van der Waals surface area contributed by atoms with E-state index >= 15 is 0 Å². The highest BCUT2D eigenvalue weighted by atomic mass is 19.3. The van der Waals surface area contributed by atoms with Crippen LogP contribution in [0.1, 0.15) is 21.6 Å². The molecule has 0 saturated carbocycles. The van der Waals surface area contributed by atoms with Crippen LogP contribution in [0.5, 0.6) is 5.75 Å². The molecule has 27 heavy (non-hydrogen) atoms. The van der Waals surface area contributed by atoms with E-state index in [0.717, 1.165) is 5.56 Å². The first-order valence-electron chi connectivity index (χ1n) is 8.12. The Kier molecular flexibility index (Phi) is 4.93. The number of alkyl halides is 2. The lowest BCUT2D eigenvalue weighted by molar-refractivity contribution is -0.0498. The summed E-state index contributed by atoms with van der Waals surface area (Å²) in [6.07, 6.45) is 0. The highest BCUT2D eigenvalue weighted by Gasteiger charge is 2.20. The Morgan fingerprint density at radius 2 is 2.00 bits per heavy atom. The van der Waals surface area contributed by atoms with Gasteiger partial charge in [-0.3, -0.25) is 19.4 Å². The van der Waals surface area contributed by atoms with Crippen molar-refractivity contribution < 1.29 is 18.3 Å². The monoisotopic (exact) mass is 376 g/mol. The molecule has 1 amide bonds. The third-order valence-electron chi connectivity index (χ3n) is 4.09. The lowest BCUT2D eigenvalue weighted by Gasteiger charge is -2.18. The van der Waals surface area contributed by atoms with Crippen LogP contribution in [0.25, 0.3) is 11.0 Å². The maximum atomic E-state index is 12.9. The van der Waals surface area contributed by atoms with Crippen LogP contribution < -0.4 is 10.3 Å². The Balaban J connectivity index is 1.86. The Hall–Kier alpha value is -3.23. The zero-order valence-electron chi connectivity index (χ0n) is 15.0. The van der Waals surface area contributed by atoms with Crippen molar-refractivity contribution in [3.8, 4) is 5.75 Å². The largest absolute Gasteiger partial charge is 0.435 e. The first-order valence-corrected chi connectivity index (χ1v) is 8.12. The number of amides is 1. The standard InChI is InChI=1S/C18H18F2N4O3/c1-10-8-13(14-15(21-10)24(3)22-16(14)25)17(26)23(2)9-11-4-6-12(7-5-11)27-18(19)20/h4-8,18H,9H2,1-3H3,(H,22,25). The predicted molar refractivity (Wildman–Crippen MR) is 94.9 cm³/mol. The number of aryl methyl sites for hydroxylation is 2. The highest BCUT2D eigenvalue weighted by Crippen LogP contribution is 2.19. The normalized spacial score (nSPS) is 11.2. The molecule has 0 fully saturated rings. The van der Waals surface area contributed by atoms with Crippen molar-refractivity contribution in [3.05, 3.63) is 57.5 Å². The molecule has 0 radical (unpaired) electrons. The number of carbonyl (C=O) groups is 1. The molecule has 9 heteroatoms. The van der Waals surface area contributed by atoms with Crippen LogP contribution >= 0.6 is 0 Å². The molecule has 0 unspecified atom stereocenters. The van der Waals surface area contributed by atoms with Gasteiger partial charge < -0.3 is 9.64 Å². The second-order valence-corrected chi connectivity index (χ2v) is 6.19. The van der Waals surface area contributed by atoms with Crippen LogP contribution in [0, 0.1) is 6.92 Å². The summed E-state index contributed by atoms with van der Waals surface area (Å²) in [5, 5.41) is 2.84. The van der Waals surface area contributed by atoms with Crippen molar-refractivity contribution in [2.45, 2.75) is 20.1 Å². The minimum atomic E-state index is -2.89. The quantitative estimate of drug-likeness (QED) is 0.742. The molecule has 0 aliphatic heterocycles. The molecule has 0 bridgehead atoms. The van der Waals surface area contributed by atoms with Crippen LogP contribution in [-0.2, 0) is 13.6 Å². The van der Waals surface area contributed by atoms with Gasteiger partial charge >= 0.3 is 6.61 Å². The molecule has 3 aromatic rings. The fourth-order valence-electron chi connectivity index (χ4n) is 2.88. The molecular formula is C18H18F2N4O3. The molecule has 0 atom stereocenters. The SMILES string of the molecule is Cc1cc(C(=O)N(C)Cc2ccc(OC(F)F)cc2)c2c(=O)[nH]n(C)c2n1. The summed E-state index contributed by atoms with van der Waals surface area (Å²) in [7, 11) is 3.25. The van der Waals surface area contributed by atoms with Gasteiger partial charge in [-0.25, -0.2) is 4.98 Å². The number of nitrogens with one attached hydrogen (secondary N) is 1. The minimum absolute atomic E-state index is 0.0463. The van der Waals surface area contributed by atoms with Crippen molar-refractivity contribution in [1.82, 2.24) is 19.7 Å². The number of hydrogen-bond donors (Lipinski definition) is 1. The van der Waals surface area contributed by atoms with Crippen LogP contribution in [0.15, 0.2) is 35.1 Å². The first kappa shape index (κ1) is 18.6. The number of nitrogens with zero attached hydrogens (tertiary/aromatic N) is 3. The maximum Gasteiger partial charge on any atom is 0.387 e. The molecule has 7 nitrogen and oxygen atoms in total. The number of ether oxygens (including phenoxy) is 1. The minimum Gasteiger partial charge on any atom is -0.435 e. The van der Waals surface area contributed by atoms with E-state index in [0.29, 0.717) is 11.3 Å². The van der Waals surface area contributed by atoms with Crippen molar-refractivity contribution in [2.24, 2.45) is 7.05 Å². The predicted octanol–water partition coefficient (Wildman–Crippen LogP) is 2.44. The average Bonchev–Trinajstić information content (AvgIpc) is 2.88. The summed E-state index contributed by atoms with van der Waals surface area (Å²) in [6, 6.07) is 7.61.